The Labute approximate surface area is 187 Å². The summed E-state index contributed by atoms with van der Waals surface area (Å²) in [5, 5.41) is 14.7. The first-order valence-corrected chi connectivity index (χ1v) is 11.2. The maximum atomic E-state index is 13.3. The molecule has 6 heteroatoms. The fourth-order valence-corrected chi connectivity index (χ4v) is 5.13. The lowest BCUT2D eigenvalue weighted by Crippen LogP contribution is -2.45. The maximum Gasteiger partial charge on any atom is 0.254 e. The molecule has 1 fully saturated rings. The number of aliphatic hydroxyl groups is 1. The van der Waals surface area contributed by atoms with Gasteiger partial charge in [0, 0.05) is 24.5 Å². The van der Waals surface area contributed by atoms with Gasteiger partial charge >= 0.3 is 0 Å². The summed E-state index contributed by atoms with van der Waals surface area (Å²) in [7, 11) is 0. The van der Waals surface area contributed by atoms with Gasteiger partial charge in [-0.1, -0.05) is 31.0 Å². The molecular weight excluding hydrogens is 400 g/mol. The molecule has 5 rings (SSSR count). The van der Waals surface area contributed by atoms with Gasteiger partial charge in [-0.3, -0.25) is 4.79 Å². The van der Waals surface area contributed by atoms with Crippen LogP contribution in [0.3, 0.4) is 0 Å². The summed E-state index contributed by atoms with van der Waals surface area (Å²) in [6.07, 6.45) is 7.40. The Bertz CT molecular complexity index is 1190. The summed E-state index contributed by atoms with van der Waals surface area (Å²) in [6.45, 7) is 10.2. The summed E-state index contributed by atoms with van der Waals surface area (Å²) < 4.78 is 1.81. The summed E-state index contributed by atoms with van der Waals surface area (Å²) >= 11 is 0. The van der Waals surface area contributed by atoms with Gasteiger partial charge < -0.3 is 10.0 Å². The zero-order valence-corrected chi connectivity index (χ0v) is 18.2. The molecule has 6 nitrogen and oxygen atoms in total. The van der Waals surface area contributed by atoms with E-state index in [1.807, 2.05) is 54.4 Å². The van der Waals surface area contributed by atoms with Crippen LogP contribution in [-0.2, 0) is 13.0 Å². The fraction of sp³-hybridized carbons (Fsp3) is 0.346. The predicted octanol–water partition coefficient (Wildman–Crippen LogP) is 4.58. The second-order valence-electron chi connectivity index (χ2n) is 8.79. The molecule has 3 aromatic rings. The number of aromatic nitrogens is 2. The van der Waals surface area contributed by atoms with Crippen LogP contribution >= 0.6 is 0 Å². The zero-order chi connectivity index (χ0) is 22.2. The van der Waals surface area contributed by atoms with E-state index in [0.717, 1.165) is 53.6 Å². The van der Waals surface area contributed by atoms with Crippen LogP contribution in [0.15, 0.2) is 48.8 Å². The smallest absolute Gasteiger partial charge is 0.254 e. The van der Waals surface area contributed by atoms with Crippen LogP contribution in [0.2, 0.25) is 0 Å². The molecule has 162 valence electrons. The van der Waals surface area contributed by atoms with Crippen LogP contribution in [0.1, 0.15) is 58.3 Å². The largest absolute Gasteiger partial charge is 0.391 e. The molecule has 1 aromatic heterocycles. The van der Waals surface area contributed by atoms with Gasteiger partial charge in [0.1, 0.15) is 0 Å². The van der Waals surface area contributed by atoms with Crippen LogP contribution in [0, 0.1) is 13.5 Å². The number of carbonyl (C=O) groups excluding carboxylic acids is 1. The Kier molecular flexibility index (Phi) is 5.28. The lowest BCUT2D eigenvalue weighted by Gasteiger charge is -2.35. The van der Waals surface area contributed by atoms with E-state index in [0.29, 0.717) is 24.2 Å². The number of hydrogen-bond acceptors (Lipinski definition) is 3. The van der Waals surface area contributed by atoms with Gasteiger partial charge in [0.05, 0.1) is 24.4 Å². The minimum absolute atomic E-state index is 0.0131. The third kappa shape index (κ3) is 3.49. The first-order chi connectivity index (χ1) is 15.6. The van der Waals surface area contributed by atoms with Crippen molar-refractivity contribution in [3.05, 3.63) is 88.0 Å². The van der Waals surface area contributed by atoms with E-state index in [1.54, 1.807) is 10.9 Å². The number of nitrogens with zero attached hydrogens (tertiary/aromatic N) is 4. The third-order valence-electron chi connectivity index (χ3n) is 6.88. The number of rotatable bonds is 4. The van der Waals surface area contributed by atoms with Crippen LogP contribution in [0.4, 0.5) is 5.69 Å². The molecule has 0 unspecified atom stereocenters. The van der Waals surface area contributed by atoms with Crippen molar-refractivity contribution in [2.24, 2.45) is 0 Å². The van der Waals surface area contributed by atoms with Crippen molar-refractivity contribution < 1.29 is 9.90 Å². The highest BCUT2D eigenvalue weighted by Gasteiger charge is 2.38. The van der Waals surface area contributed by atoms with Gasteiger partial charge in [0.2, 0.25) is 0 Å². The Morgan fingerprint density at radius 1 is 1.22 bits per heavy atom. The normalized spacial score (nSPS) is 20.3. The van der Waals surface area contributed by atoms with Crippen molar-refractivity contribution in [1.29, 1.82) is 0 Å². The fourth-order valence-electron chi connectivity index (χ4n) is 5.13. The maximum absolute atomic E-state index is 13.3. The number of amides is 1. The molecule has 0 saturated heterocycles. The molecule has 1 saturated carbocycles. The molecule has 2 heterocycles. The summed E-state index contributed by atoms with van der Waals surface area (Å²) in [5.74, 6) is -0.0131. The summed E-state index contributed by atoms with van der Waals surface area (Å²) in [4.78, 5) is 19.0. The van der Waals surface area contributed by atoms with Gasteiger partial charge in [0.15, 0.2) is 5.69 Å². The molecule has 0 radical (unpaired) electrons. The number of hydrogen-bond donors (Lipinski definition) is 1. The average molecular weight is 427 g/mol. The lowest BCUT2D eigenvalue weighted by molar-refractivity contribution is 0.0191. The second-order valence-corrected chi connectivity index (χ2v) is 8.79. The van der Waals surface area contributed by atoms with Gasteiger partial charge in [0.25, 0.3) is 5.91 Å². The minimum atomic E-state index is -0.463. The van der Waals surface area contributed by atoms with E-state index in [4.69, 9.17) is 6.57 Å². The van der Waals surface area contributed by atoms with E-state index in [1.165, 1.54) is 0 Å². The van der Waals surface area contributed by atoms with Crippen LogP contribution in [0.5, 0.6) is 0 Å². The number of carbonyl (C=O) groups is 1. The highest BCUT2D eigenvalue weighted by molar-refractivity contribution is 6.00. The first-order valence-electron chi connectivity index (χ1n) is 11.2. The standard InChI is InChI=1S/C26H26N4O2/c1-17-22-16-29(23-6-3-4-7-24(23)31)26(32)21(22)15-19(25(17)27-2)14-18-8-10-20(11-9-18)30-13-5-12-28-30/h5,8-13,15,23-24,31H,3-4,6-7,14,16H2,1H3/t23-,24-/m0/s1. The van der Waals surface area contributed by atoms with E-state index in [-0.39, 0.29) is 11.9 Å². The molecular formula is C26H26N4O2. The number of fused-ring (bicyclic) bond motifs is 1. The van der Waals surface area contributed by atoms with Gasteiger partial charge in [-0.25, -0.2) is 9.53 Å². The van der Waals surface area contributed by atoms with Gasteiger partial charge in [-0.15, -0.1) is 0 Å². The minimum Gasteiger partial charge on any atom is -0.391 e. The number of aliphatic hydroxyl groups excluding tert-OH is 1. The molecule has 2 aromatic carbocycles. The van der Waals surface area contributed by atoms with Crippen LogP contribution in [-0.4, -0.2) is 37.8 Å². The molecule has 32 heavy (non-hydrogen) atoms. The SMILES string of the molecule is [C-]#[N+]c1c(Cc2ccc(-n3cccn3)cc2)cc2c(c1C)CN([C@H]1CCCC[C@@H]1O)C2=O. The van der Waals surface area contributed by atoms with Crippen LogP contribution in [0.25, 0.3) is 10.5 Å². The predicted molar refractivity (Wildman–Crippen MR) is 122 cm³/mol. The Morgan fingerprint density at radius 2 is 2.00 bits per heavy atom. The molecule has 2 atom stereocenters. The molecule has 0 bridgehead atoms. The van der Waals surface area contributed by atoms with Gasteiger partial charge in [-0.2, -0.15) is 5.10 Å². The average Bonchev–Trinajstić information content (AvgIpc) is 3.44. The quantitative estimate of drug-likeness (QED) is 0.621. The molecule has 1 aliphatic heterocycles. The molecule has 1 amide bonds. The van der Waals surface area contributed by atoms with Crippen molar-refractivity contribution in [3.8, 4) is 5.69 Å². The highest BCUT2D eigenvalue weighted by Crippen LogP contribution is 2.38. The topological polar surface area (TPSA) is 62.7 Å². The zero-order valence-electron chi connectivity index (χ0n) is 18.2. The monoisotopic (exact) mass is 426 g/mol. The van der Waals surface area contributed by atoms with Crippen molar-refractivity contribution >= 4 is 11.6 Å². The van der Waals surface area contributed by atoms with E-state index in [2.05, 4.69) is 9.94 Å². The van der Waals surface area contributed by atoms with Crippen molar-refractivity contribution in [2.75, 3.05) is 0 Å². The van der Waals surface area contributed by atoms with Gasteiger partial charge in [-0.05, 0) is 66.6 Å². The molecule has 0 spiro atoms. The van der Waals surface area contributed by atoms with Crippen molar-refractivity contribution in [1.82, 2.24) is 14.7 Å². The van der Waals surface area contributed by atoms with E-state index in [9.17, 15) is 9.90 Å². The van der Waals surface area contributed by atoms with Crippen molar-refractivity contribution in [2.45, 2.75) is 57.7 Å². The van der Waals surface area contributed by atoms with E-state index >= 15 is 0 Å². The molecule has 1 aliphatic carbocycles. The second kappa shape index (κ2) is 8.25. The lowest BCUT2D eigenvalue weighted by atomic mass is 9.91. The number of benzene rings is 2. The van der Waals surface area contributed by atoms with Crippen molar-refractivity contribution in [3.63, 3.8) is 0 Å². The summed E-state index contributed by atoms with van der Waals surface area (Å²) in [5.41, 5.74) is 6.09. The van der Waals surface area contributed by atoms with E-state index < -0.39 is 6.10 Å². The third-order valence-corrected chi connectivity index (χ3v) is 6.88. The Hall–Kier alpha value is -3.43. The van der Waals surface area contributed by atoms with Crippen LogP contribution < -0.4 is 0 Å². The molecule has 1 N–H and O–H groups in total. The summed E-state index contributed by atoms with van der Waals surface area (Å²) in [6, 6.07) is 11.8. The highest BCUT2D eigenvalue weighted by atomic mass is 16.3. The first kappa shape index (κ1) is 20.5. The molecule has 2 aliphatic rings. The Morgan fingerprint density at radius 3 is 2.69 bits per heavy atom. The Balaban J connectivity index is 1.45.